The molecule has 8 nitrogen and oxygen atoms in total. The Hall–Kier alpha value is -3.19. The number of thioether (sulfide) groups is 1. The fourth-order valence-electron chi connectivity index (χ4n) is 3.71. The number of hydrogen-bond donors (Lipinski definition) is 2. The van der Waals surface area contributed by atoms with Crippen LogP contribution in [0.2, 0.25) is 10.0 Å². The van der Waals surface area contributed by atoms with Gasteiger partial charge in [0.05, 0.1) is 46.2 Å². The number of amides is 2. The van der Waals surface area contributed by atoms with E-state index in [0.29, 0.717) is 18.7 Å². The monoisotopic (exact) mass is 547 g/mol. The quantitative estimate of drug-likeness (QED) is 0.357. The van der Waals surface area contributed by atoms with E-state index in [1.54, 1.807) is 6.92 Å². The average Bonchev–Trinajstić information content (AvgIpc) is 2.87. The van der Waals surface area contributed by atoms with Crippen LogP contribution in [0.1, 0.15) is 24.0 Å². The minimum atomic E-state index is -1.36. The van der Waals surface area contributed by atoms with Crippen molar-refractivity contribution in [1.29, 1.82) is 5.26 Å². The van der Waals surface area contributed by atoms with Gasteiger partial charge in [0.25, 0.3) is 0 Å². The number of benzene rings is 2. The summed E-state index contributed by atoms with van der Waals surface area (Å²) in [5.74, 6) is -3.97. The molecule has 2 N–H and O–H groups in total. The molecule has 3 rings (SSSR count). The van der Waals surface area contributed by atoms with Crippen LogP contribution in [0.15, 0.2) is 53.1 Å². The maximum atomic E-state index is 13.0. The highest BCUT2D eigenvalue weighted by Crippen LogP contribution is 2.44. The number of carbonyl (C=O) groups is 3. The Morgan fingerprint density at radius 3 is 2.44 bits per heavy atom. The van der Waals surface area contributed by atoms with Gasteiger partial charge in [-0.05, 0) is 30.2 Å². The average molecular weight is 548 g/mol. The lowest BCUT2D eigenvalue weighted by atomic mass is 9.78. The van der Waals surface area contributed by atoms with Crippen molar-refractivity contribution in [3.63, 3.8) is 0 Å². The number of rotatable bonds is 9. The molecular weight excluding hydrogens is 525 g/mol. The fourth-order valence-corrected chi connectivity index (χ4v) is 5.20. The summed E-state index contributed by atoms with van der Waals surface area (Å²) in [5.41, 5.74) is 1.38. The summed E-state index contributed by atoms with van der Waals surface area (Å²) < 4.78 is 10.3. The summed E-state index contributed by atoms with van der Waals surface area (Å²) >= 11 is 13.7. The van der Waals surface area contributed by atoms with Gasteiger partial charge in [-0.3, -0.25) is 14.4 Å². The zero-order valence-corrected chi connectivity index (χ0v) is 21.8. The molecule has 36 heavy (non-hydrogen) atoms. The molecule has 0 saturated carbocycles. The predicted octanol–water partition coefficient (Wildman–Crippen LogP) is 4.18. The van der Waals surface area contributed by atoms with E-state index in [4.69, 9.17) is 32.7 Å². The van der Waals surface area contributed by atoms with Crippen molar-refractivity contribution in [3.05, 3.63) is 74.2 Å². The molecule has 11 heteroatoms. The normalized spacial score (nSPS) is 17.1. The Morgan fingerprint density at radius 2 is 1.86 bits per heavy atom. The van der Waals surface area contributed by atoms with Crippen molar-refractivity contribution in [3.8, 4) is 11.8 Å². The number of allylic oxidation sites excluding steroid dienone is 1. The van der Waals surface area contributed by atoms with E-state index in [2.05, 4.69) is 16.7 Å². The van der Waals surface area contributed by atoms with Gasteiger partial charge in [-0.25, -0.2) is 0 Å². The van der Waals surface area contributed by atoms with E-state index in [1.807, 2.05) is 30.3 Å². The summed E-state index contributed by atoms with van der Waals surface area (Å²) in [6, 6.07) is 14.5. The van der Waals surface area contributed by atoms with Crippen molar-refractivity contribution >= 4 is 52.7 Å². The standard InChI is InChI=1S/C25H23Cl2N3O5S/c1-3-35-22-17(26)9-15(10-18(22)27)20-16(11-28)24(30-23(32)21(20)25(33)34-2)36-13-19(31)29-12-14-7-5-4-6-8-14/h4-10,20-21H,3,12-13H2,1-2H3,(H,29,31)(H,30,32)/t20-,21+/m1/s1. The SMILES string of the molecule is CCOc1c(Cl)cc([C@@H]2C(C#N)=C(SCC(=O)NCc3ccccc3)NC(=O)[C@H]2C(=O)OC)cc1Cl. The largest absolute Gasteiger partial charge is 0.491 e. The molecule has 0 aliphatic carbocycles. The molecule has 2 aromatic rings. The first kappa shape index (κ1) is 27.4. The number of methoxy groups -OCH3 is 1. The van der Waals surface area contributed by atoms with Crippen molar-refractivity contribution in [1.82, 2.24) is 10.6 Å². The highest BCUT2D eigenvalue weighted by atomic mass is 35.5. The van der Waals surface area contributed by atoms with Crippen LogP contribution in [0, 0.1) is 17.2 Å². The molecule has 0 spiro atoms. The van der Waals surface area contributed by atoms with Gasteiger partial charge >= 0.3 is 5.97 Å². The van der Waals surface area contributed by atoms with Gasteiger partial charge in [-0.2, -0.15) is 5.26 Å². The molecule has 1 aliphatic heterocycles. The van der Waals surface area contributed by atoms with Crippen LogP contribution in [0.5, 0.6) is 5.75 Å². The molecule has 0 saturated heterocycles. The Bertz CT molecular complexity index is 1210. The topological polar surface area (TPSA) is 118 Å². The number of ether oxygens (including phenoxy) is 2. The molecule has 0 bridgehead atoms. The Balaban J connectivity index is 1.91. The molecular formula is C25H23Cl2N3O5S. The van der Waals surface area contributed by atoms with E-state index in [0.717, 1.165) is 24.4 Å². The molecule has 0 fully saturated rings. The van der Waals surface area contributed by atoms with Gasteiger partial charge in [0.1, 0.15) is 5.92 Å². The van der Waals surface area contributed by atoms with E-state index in [-0.39, 0.29) is 38.1 Å². The van der Waals surface area contributed by atoms with Gasteiger partial charge in [-0.1, -0.05) is 65.3 Å². The molecule has 2 aromatic carbocycles. The Kier molecular flexibility index (Phi) is 9.65. The number of carbonyl (C=O) groups excluding carboxylic acids is 3. The lowest BCUT2D eigenvalue weighted by molar-refractivity contribution is -0.150. The van der Waals surface area contributed by atoms with Crippen LogP contribution < -0.4 is 15.4 Å². The van der Waals surface area contributed by atoms with Crippen LogP contribution in [0.3, 0.4) is 0 Å². The number of nitrogens with one attached hydrogen (secondary N) is 2. The number of halogens is 2. The first-order chi connectivity index (χ1) is 17.3. The second-order valence-corrected chi connectivity index (χ2v) is 9.42. The minimum Gasteiger partial charge on any atom is -0.491 e. The molecule has 188 valence electrons. The molecule has 0 radical (unpaired) electrons. The highest BCUT2D eigenvalue weighted by molar-refractivity contribution is 8.03. The van der Waals surface area contributed by atoms with Gasteiger partial charge in [0, 0.05) is 12.5 Å². The number of hydrogen-bond acceptors (Lipinski definition) is 7. The van der Waals surface area contributed by atoms with Crippen molar-refractivity contribution < 1.29 is 23.9 Å². The summed E-state index contributed by atoms with van der Waals surface area (Å²) in [5, 5.41) is 15.9. The molecule has 2 atom stereocenters. The van der Waals surface area contributed by atoms with Crippen LogP contribution in [-0.2, 0) is 25.7 Å². The summed E-state index contributed by atoms with van der Waals surface area (Å²) in [6.45, 7) is 2.44. The Labute approximate surface area is 222 Å². The second kappa shape index (κ2) is 12.7. The third-order valence-corrected chi connectivity index (χ3v) is 6.91. The van der Waals surface area contributed by atoms with Crippen LogP contribution >= 0.6 is 35.0 Å². The van der Waals surface area contributed by atoms with E-state index in [9.17, 15) is 19.6 Å². The lowest BCUT2D eigenvalue weighted by Crippen LogP contribution is -2.44. The molecule has 0 unspecified atom stereocenters. The van der Waals surface area contributed by atoms with Gasteiger partial charge in [0.2, 0.25) is 11.8 Å². The van der Waals surface area contributed by atoms with Gasteiger partial charge in [-0.15, -0.1) is 0 Å². The van der Waals surface area contributed by atoms with Gasteiger partial charge in [0.15, 0.2) is 5.75 Å². The number of nitrogens with zero attached hydrogens (tertiary/aromatic N) is 1. The van der Waals surface area contributed by atoms with Crippen LogP contribution in [0.4, 0.5) is 0 Å². The molecule has 1 heterocycles. The summed E-state index contributed by atoms with van der Waals surface area (Å²) in [6.07, 6.45) is 0. The van der Waals surface area contributed by atoms with E-state index in [1.165, 1.54) is 12.1 Å². The number of esters is 1. The highest BCUT2D eigenvalue weighted by Gasteiger charge is 2.44. The minimum absolute atomic E-state index is 0.0615. The van der Waals surface area contributed by atoms with Crippen molar-refractivity contribution in [2.45, 2.75) is 19.4 Å². The van der Waals surface area contributed by atoms with Gasteiger partial charge < -0.3 is 20.1 Å². The zero-order chi connectivity index (χ0) is 26.2. The van der Waals surface area contributed by atoms with E-state index >= 15 is 0 Å². The summed E-state index contributed by atoms with van der Waals surface area (Å²) in [4.78, 5) is 38.0. The molecule has 0 aromatic heterocycles. The van der Waals surface area contributed by atoms with Crippen LogP contribution in [0.25, 0.3) is 0 Å². The Morgan fingerprint density at radius 1 is 1.19 bits per heavy atom. The first-order valence-electron chi connectivity index (χ1n) is 10.9. The smallest absolute Gasteiger partial charge is 0.319 e. The fraction of sp³-hybridized carbons (Fsp3) is 0.280. The predicted molar refractivity (Wildman–Crippen MR) is 137 cm³/mol. The third-order valence-electron chi connectivity index (χ3n) is 5.33. The third kappa shape index (κ3) is 6.32. The molecule has 1 aliphatic rings. The van der Waals surface area contributed by atoms with Crippen molar-refractivity contribution in [2.24, 2.45) is 5.92 Å². The number of nitriles is 1. The molecule has 2 amide bonds. The summed E-state index contributed by atoms with van der Waals surface area (Å²) in [7, 11) is 1.15. The maximum absolute atomic E-state index is 13.0. The van der Waals surface area contributed by atoms with Crippen molar-refractivity contribution in [2.75, 3.05) is 19.5 Å². The van der Waals surface area contributed by atoms with Crippen LogP contribution in [-0.4, -0.2) is 37.3 Å². The second-order valence-electron chi connectivity index (χ2n) is 7.62. The van der Waals surface area contributed by atoms with E-state index < -0.39 is 23.7 Å². The maximum Gasteiger partial charge on any atom is 0.319 e. The lowest BCUT2D eigenvalue weighted by Gasteiger charge is -2.31. The first-order valence-corrected chi connectivity index (χ1v) is 12.6. The zero-order valence-electron chi connectivity index (χ0n) is 19.5.